The zero-order chi connectivity index (χ0) is 15.9. The zero-order valence-electron chi connectivity index (χ0n) is 12.7. The van der Waals surface area contributed by atoms with E-state index in [0.29, 0.717) is 6.42 Å². The normalized spacial score (nSPS) is 13.4. The predicted octanol–water partition coefficient (Wildman–Crippen LogP) is 2.42. The molecule has 1 heterocycles. The number of rotatable bonds is 6. The fourth-order valence-electron chi connectivity index (χ4n) is 2.12. The molecule has 2 amide bonds. The molecule has 118 valence electrons. The maximum atomic E-state index is 12.0. The van der Waals surface area contributed by atoms with Crippen LogP contribution in [0.3, 0.4) is 0 Å². The van der Waals surface area contributed by atoms with Gasteiger partial charge >= 0.3 is 6.03 Å². The van der Waals surface area contributed by atoms with E-state index in [1.807, 2.05) is 49.6 Å². The third-order valence-electron chi connectivity index (χ3n) is 3.24. The third-order valence-corrected chi connectivity index (χ3v) is 4.38. The van der Waals surface area contributed by atoms with Gasteiger partial charge in [0, 0.05) is 11.1 Å². The summed E-state index contributed by atoms with van der Waals surface area (Å²) in [6, 6.07) is 9.01. The molecule has 0 fully saturated rings. The maximum absolute atomic E-state index is 12.0. The summed E-state index contributed by atoms with van der Waals surface area (Å²) >= 11 is 1.52. The third kappa shape index (κ3) is 4.82. The molecule has 0 radical (unpaired) electrons. The van der Waals surface area contributed by atoms with Crippen LogP contribution in [0.1, 0.15) is 29.2 Å². The van der Waals surface area contributed by atoms with Crippen molar-refractivity contribution >= 4 is 17.4 Å². The number of nitrogens with zero attached hydrogens (tertiary/aromatic N) is 1. The Morgan fingerprint density at radius 1 is 1.32 bits per heavy atom. The first kappa shape index (κ1) is 16.5. The van der Waals surface area contributed by atoms with Crippen molar-refractivity contribution in [3.8, 4) is 0 Å². The molecule has 0 saturated heterocycles. The van der Waals surface area contributed by atoms with Gasteiger partial charge in [-0.05, 0) is 25.8 Å². The van der Waals surface area contributed by atoms with E-state index in [4.69, 9.17) is 0 Å². The largest absolute Gasteiger partial charge is 0.394 e. The highest BCUT2D eigenvalue weighted by molar-refractivity contribution is 7.09. The monoisotopic (exact) mass is 319 g/mol. The van der Waals surface area contributed by atoms with E-state index < -0.39 is 0 Å². The van der Waals surface area contributed by atoms with Crippen LogP contribution in [0.2, 0.25) is 0 Å². The number of amides is 2. The van der Waals surface area contributed by atoms with Crippen molar-refractivity contribution < 1.29 is 9.90 Å². The van der Waals surface area contributed by atoms with Gasteiger partial charge in [-0.2, -0.15) is 0 Å². The number of benzene rings is 1. The molecule has 22 heavy (non-hydrogen) atoms. The molecule has 0 aliphatic carbocycles. The summed E-state index contributed by atoms with van der Waals surface area (Å²) in [6.07, 6.45) is 0.593. The van der Waals surface area contributed by atoms with E-state index in [2.05, 4.69) is 15.6 Å². The molecule has 2 atom stereocenters. The summed E-state index contributed by atoms with van der Waals surface area (Å²) in [5.74, 6) is 0. The molecule has 6 heteroatoms. The van der Waals surface area contributed by atoms with Crippen molar-refractivity contribution in [2.45, 2.75) is 32.4 Å². The summed E-state index contributed by atoms with van der Waals surface area (Å²) in [5.41, 5.74) is 2.02. The van der Waals surface area contributed by atoms with E-state index in [9.17, 15) is 9.90 Å². The highest BCUT2D eigenvalue weighted by atomic mass is 32.1. The number of hydrogen-bond donors (Lipinski definition) is 3. The van der Waals surface area contributed by atoms with Crippen molar-refractivity contribution in [2.75, 3.05) is 6.61 Å². The van der Waals surface area contributed by atoms with Crippen molar-refractivity contribution in [3.63, 3.8) is 0 Å². The summed E-state index contributed by atoms with van der Waals surface area (Å²) < 4.78 is 0. The average Bonchev–Trinajstić information content (AvgIpc) is 2.94. The average molecular weight is 319 g/mol. The van der Waals surface area contributed by atoms with Crippen molar-refractivity contribution in [1.29, 1.82) is 0 Å². The first-order chi connectivity index (χ1) is 10.6. The van der Waals surface area contributed by atoms with Gasteiger partial charge in [0.2, 0.25) is 0 Å². The summed E-state index contributed by atoms with van der Waals surface area (Å²) in [6.45, 7) is 3.71. The molecule has 0 bridgehead atoms. The molecular weight excluding hydrogens is 298 g/mol. The second-order valence-corrected chi connectivity index (χ2v) is 6.13. The molecule has 3 N–H and O–H groups in total. The van der Waals surface area contributed by atoms with Gasteiger partial charge in [0.25, 0.3) is 0 Å². The molecule has 2 rings (SSSR count). The number of aliphatic hydroxyl groups is 1. The molecule has 5 nitrogen and oxygen atoms in total. The number of carbonyl (C=O) groups excluding carboxylic acids is 1. The summed E-state index contributed by atoms with van der Waals surface area (Å²) in [4.78, 5) is 16.4. The highest BCUT2D eigenvalue weighted by Gasteiger charge is 2.16. The van der Waals surface area contributed by atoms with Gasteiger partial charge in [0.15, 0.2) is 0 Å². The van der Waals surface area contributed by atoms with Crippen LogP contribution in [-0.2, 0) is 6.42 Å². The molecule has 1 aromatic carbocycles. The van der Waals surface area contributed by atoms with Gasteiger partial charge in [-0.3, -0.25) is 0 Å². The molecule has 0 aliphatic heterocycles. The summed E-state index contributed by atoms with van der Waals surface area (Å²) in [7, 11) is 0. The second-order valence-electron chi connectivity index (χ2n) is 5.24. The topological polar surface area (TPSA) is 74.2 Å². The first-order valence-electron chi connectivity index (χ1n) is 7.22. The molecule has 2 aromatic rings. The minimum Gasteiger partial charge on any atom is -0.394 e. The molecule has 1 unspecified atom stereocenters. The van der Waals surface area contributed by atoms with Crippen molar-refractivity contribution in [2.24, 2.45) is 0 Å². The summed E-state index contributed by atoms with van der Waals surface area (Å²) in [5, 5.41) is 17.9. The van der Waals surface area contributed by atoms with Crippen LogP contribution in [0.15, 0.2) is 35.7 Å². The quantitative estimate of drug-likeness (QED) is 0.765. The van der Waals surface area contributed by atoms with Crippen LogP contribution < -0.4 is 10.6 Å². The number of urea groups is 1. The van der Waals surface area contributed by atoms with Crippen molar-refractivity contribution in [1.82, 2.24) is 15.6 Å². The van der Waals surface area contributed by atoms with Gasteiger partial charge < -0.3 is 15.7 Å². The molecule has 1 aromatic heterocycles. The van der Waals surface area contributed by atoms with E-state index in [0.717, 1.165) is 16.3 Å². The lowest BCUT2D eigenvalue weighted by atomic mass is 10.1. The standard InChI is InChI=1S/C16H21N3O2S/c1-11-10-22-15(17-11)12(2)18-16(21)19-14(9-20)8-13-6-4-3-5-7-13/h3-7,10,12,14,20H,8-9H2,1-2H3,(H2,18,19,21)/t12?,14-/m0/s1. The fourth-order valence-corrected chi connectivity index (χ4v) is 2.92. The molecule has 0 spiro atoms. The van der Waals surface area contributed by atoms with Gasteiger partial charge in [0.05, 0.1) is 18.7 Å². The number of thiazole rings is 1. The maximum Gasteiger partial charge on any atom is 0.315 e. The van der Waals surface area contributed by atoms with Crippen LogP contribution in [0.5, 0.6) is 0 Å². The Balaban J connectivity index is 1.86. The fraction of sp³-hybridized carbons (Fsp3) is 0.375. The van der Waals surface area contributed by atoms with E-state index in [1.54, 1.807) is 0 Å². The zero-order valence-corrected chi connectivity index (χ0v) is 13.6. The minimum absolute atomic E-state index is 0.104. The number of aliphatic hydroxyl groups excluding tert-OH is 1. The van der Waals surface area contributed by atoms with Crippen LogP contribution in [-0.4, -0.2) is 28.8 Å². The van der Waals surface area contributed by atoms with E-state index in [-0.39, 0.29) is 24.7 Å². The minimum atomic E-state index is -0.312. The Labute approximate surface area is 134 Å². The smallest absolute Gasteiger partial charge is 0.315 e. The lowest BCUT2D eigenvalue weighted by Crippen LogP contribution is -2.45. The lowest BCUT2D eigenvalue weighted by molar-refractivity contribution is 0.213. The van der Waals surface area contributed by atoms with Crippen LogP contribution in [0, 0.1) is 6.92 Å². The van der Waals surface area contributed by atoms with Gasteiger partial charge in [0.1, 0.15) is 5.01 Å². The predicted molar refractivity (Wildman–Crippen MR) is 88.0 cm³/mol. The van der Waals surface area contributed by atoms with Crippen LogP contribution in [0.4, 0.5) is 4.79 Å². The number of hydrogen-bond acceptors (Lipinski definition) is 4. The van der Waals surface area contributed by atoms with Crippen molar-refractivity contribution in [3.05, 3.63) is 52.0 Å². The van der Waals surface area contributed by atoms with Gasteiger partial charge in [-0.25, -0.2) is 9.78 Å². The molecular formula is C16H21N3O2S. The first-order valence-corrected chi connectivity index (χ1v) is 8.10. The molecule has 0 saturated carbocycles. The Hall–Kier alpha value is -1.92. The number of nitrogens with one attached hydrogen (secondary N) is 2. The van der Waals surface area contributed by atoms with Crippen LogP contribution >= 0.6 is 11.3 Å². The van der Waals surface area contributed by atoms with Gasteiger partial charge in [-0.15, -0.1) is 11.3 Å². The second kappa shape index (κ2) is 7.91. The Bertz CT molecular complexity index is 600. The number of aryl methyl sites for hydroxylation is 1. The Morgan fingerprint density at radius 3 is 2.64 bits per heavy atom. The van der Waals surface area contributed by atoms with Gasteiger partial charge in [-0.1, -0.05) is 30.3 Å². The van der Waals surface area contributed by atoms with Crippen LogP contribution in [0.25, 0.3) is 0 Å². The highest BCUT2D eigenvalue weighted by Crippen LogP contribution is 2.17. The Kier molecular flexibility index (Phi) is 5.91. The Morgan fingerprint density at radius 2 is 2.05 bits per heavy atom. The van der Waals surface area contributed by atoms with E-state index in [1.165, 1.54) is 11.3 Å². The lowest BCUT2D eigenvalue weighted by Gasteiger charge is -2.19. The van der Waals surface area contributed by atoms with E-state index >= 15 is 0 Å². The molecule has 0 aliphatic rings. The number of aromatic nitrogens is 1. The number of carbonyl (C=O) groups is 1. The SMILES string of the molecule is Cc1csc(C(C)NC(=O)N[C@H](CO)Cc2ccccc2)n1.